The average molecular weight is 323 g/mol. The molecule has 2 aliphatic heterocycles. The molecule has 2 saturated heterocycles. The van der Waals surface area contributed by atoms with E-state index in [9.17, 15) is 18.0 Å². The molecule has 2 fully saturated rings. The van der Waals surface area contributed by atoms with Gasteiger partial charge in [-0.2, -0.15) is 0 Å². The summed E-state index contributed by atoms with van der Waals surface area (Å²) < 4.78 is 22.0. The van der Waals surface area contributed by atoms with Crippen molar-refractivity contribution in [2.75, 3.05) is 31.9 Å². The molecule has 2 heterocycles. The van der Waals surface area contributed by atoms with E-state index in [-0.39, 0.29) is 29.9 Å². The van der Waals surface area contributed by atoms with Crippen LogP contribution in [0.1, 0.15) is 25.7 Å². The Morgan fingerprint density at radius 2 is 1.85 bits per heavy atom. The van der Waals surface area contributed by atoms with Crippen LogP contribution in [0, 0.1) is 5.92 Å². The Morgan fingerprint density at radius 3 is 2.45 bits per heavy atom. The van der Waals surface area contributed by atoms with Crippen LogP contribution in [-0.2, 0) is 18.6 Å². The summed E-state index contributed by atoms with van der Waals surface area (Å²) in [5.41, 5.74) is 0. The van der Waals surface area contributed by atoms with E-state index in [1.807, 2.05) is 4.90 Å². The Kier molecular flexibility index (Phi) is 4.90. The number of likely N-dealkylation sites (tertiary alicyclic amines) is 2. The highest BCUT2D eigenvalue weighted by Crippen LogP contribution is 2.21. The maximum atomic E-state index is 11.8. The van der Waals surface area contributed by atoms with Crippen molar-refractivity contribution in [3.05, 3.63) is 0 Å². The summed E-state index contributed by atoms with van der Waals surface area (Å²) >= 11 is 0. The summed E-state index contributed by atoms with van der Waals surface area (Å²) in [6, 6.07) is 0. The molecule has 0 spiro atoms. The van der Waals surface area contributed by atoms with Crippen molar-refractivity contribution in [2.24, 2.45) is 5.92 Å². The van der Waals surface area contributed by atoms with Gasteiger partial charge in [0, 0.05) is 55.6 Å². The lowest BCUT2D eigenvalue weighted by Gasteiger charge is -2.19. The Hall–Kier alpha value is -0.820. The lowest BCUT2D eigenvalue weighted by atomic mass is 10.1. The molecule has 0 saturated carbocycles. The van der Waals surface area contributed by atoms with Gasteiger partial charge in [-0.15, -0.1) is 0 Å². The Balaban J connectivity index is 1.73. The van der Waals surface area contributed by atoms with Crippen LogP contribution in [0.3, 0.4) is 0 Å². The molecule has 0 aromatic carbocycles. The van der Waals surface area contributed by atoms with E-state index in [0.29, 0.717) is 26.1 Å². The highest BCUT2D eigenvalue weighted by atomic mass is 35.7. The van der Waals surface area contributed by atoms with Crippen molar-refractivity contribution in [3.8, 4) is 0 Å². The van der Waals surface area contributed by atoms with Gasteiger partial charge in [0.2, 0.25) is 20.9 Å². The predicted octanol–water partition coefficient (Wildman–Crippen LogP) is 0.416. The highest BCUT2D eigenvalue weighted by Gasteiger charge is 2.32. The molecule has 1 atom stereocenters. The van der Waals surface area contributed by atoms with Gasteiger partial charge in [-0.3, -0.25) is 9.59 Å². The quantitative estimate of drug-likeness (QED) is 0.664. The normalized spacial score (nSPS) is 23.9. The zero-order chi connectivity index (χ0) is 14.8. The molecular weight excluding hydrogens is 304 g/mol. The molecule has 0 aromatic heterocycles. The summed E-state index contributed by atoms with van der Waals surface area (Å²) in [7, 11) is 1.66. The number of rotatable bonds is 6. The monoisotopic (exact) mass is 322 g/mol. The fourth-order valence-electron chi connectivity index (χ4n) is 2.86. The van der Waals surface area contributed by atoms with Crippen molar-refractivity contribution in [2.45, 2.75) is 25.7 Å². The molecule has 2 rings (SSSR count). The van der Waals surface area contributed by atoms with Gasteiger partial charge in [-0.25, -0.2) is 8.42 Å². The molecule has 0 aliphatic carbocycles. The number of halogens is 1. The first-order valence-corrected chi connectivity index (χ1v) is 9.31. The molecule has 0 N–H and O–H groups in total. The minimum absolute atomic E-state index is 0.0249. The van der Waals surface area contributed by atoms with Gasteiger partial charge in [-0.05, 0) is 12.8 Å². The number of hydrogen-bond donors (Lipinski definition) is 0. The van der Waals surface area contributed by atoms with Gasteiger partial charge in [-0.1, -0.05) is 0 Å². The molecule has 8 heteroatoms. The van der Waals surface area contributed by atoms with Crippen LogP contribution < -0.4 is 0 Å². The number of hydrogen-bond acceptors (Lipinski definition) is 4. The summed E-state index contributed by atoms with van der Waals surface area (Å²) in [4.78, 5) is 26.7. The Bertz CT molecular complexity index is 494. The van der Waals surface area contributed by atoms with Crippen LogP contribution in [-0.4, -0.2) is 62.0 Å². The standard InChI is InChI=1S/C12H19ClN2O4S/c13-20(18,19)9-10-7-12(17)15(8-10)6-2-5-14-4-1-3-11(14)16/h10H,1-9H2. The minimum atomic E-state index is -3.55. The van der Waals surface area contributed by atoms with Crippen molar-refractivity contribution < 1.29 is 18.0 Å². The maximum Gasteiger partial charge on any atom is 0.232 e. The van der Waals surface area contributed by atoms with E-state index >= 15 is 0 Å². The maximum absolute atomic E-state index is 11.8. The average Bonchev–Trinajstić information content (AvgIpc) is 2.85. The topological polar surface area (TPSA) is 74.8 Å². The van der Waals surface area contributed by atoms with Crippen LogP contribution in [0.5, 0.6) is 0 Å². The molecular formula is C12H19ClN2O4S. The molecule has 0 bridgehead atoms. The van der Waals surface area contributed by atoms with Gasteiger partial charge in [0.15, 0.2) is 0 Å². The second-order valence-corrected chi connectivity index (χ2v) is 8.27. The second-order valence-electron chi connectivity index (χ2n) is 5.45. The third kappa shape index (κ3) is 4.34. The van der Waals surface area contributed by atoms with E-state index < -0.39 is 9.05 Å². The number of nitrogens with zero attached hydrogens (tertiary/aromatic N) is 2. The first kappa shape index (κ1) is 15.6. The van der Waals surface area contributed by atoms with Crippen LogP contribution in [0.2, 0.25) is 0 Å². The van der Waals surface area contributed by atoms with E-state index in [1.165, 1.54) is 0 Å². The van der Waals surface area contributed by atoms with E-state index in [4.69, 9.17) is 10.7 Å². The fourth-order valence-corrected chi connectivity index (χ4v) is 4.18. The smallest absolute Gasteiger partial charge is 0.232 e. The van der Waals surface area contributed by atoms with Crippen LogP contribution in [0.25, 0.3) is 0 Å². The minimum Gasteiger partial charge on any atom is -0.343 e. The van der Waals surface area contributed by atoms with E-state index in [0.717, 1.165) is 19.4 Å². The number of carbonyl (C=O) groups excluding carboxylic acids is 2. The number of carbonyl (C=O) groups is 2. The Labute approximate surface area is 123 Å². The summed E-state index contributed by atoms with van der Waals surface area (Å²) in [6.07, 6.45) is 2.52. The van der Waals surface area contributed by atoms with Gasteiger partial charge in [0.25, 0.3) is 0 Å². The molecule has 20 heavy (non-hydrogen) atoms. The van der Waals surface area contributed by atoms with Crippen LogP contribution >= 0.6 is 10.7 Å². The van der Waals surface area contributed by atoms with Gasteiger partial charge >= 0.3 is 0 Å². The SMILES string of the molecule is O=C1CCCN1CCCN1CC(CS(=O)(=O)Cl)CC1=O. The highest BCUT2D eigenvalue weighted by molar-refractivity contribution is 8.13. The van der Waals surface area contributed by atoms with Gasteiger partial charge in [0.1, 0.15) is 0 Å². The summed E-state index contributed by atoms with van der Waals surface area (Å²) in [5.74, 6) is -0.202. The number of amides is 2. The molecule has 0 aromatic rings. The third-order valence-corrected chi connectivity index (χ3v) is 5.00. The molecule has 2 amide bonds. The molecule has 2 aliphatic rings. The first-order valence-electron chi connectivity index (χ1n) is 6.83. The molecule has 114 valence electrons. The van der Waals surface area contributed by atoms with Crippen molar-refractivity contribution >= 4 is 31.5 Å². The molecule has 0 radical (unpaired) electrons. The lowest BCUT2D eigenvalue weighted by Crippen LogP contribution is -2.31. The van der Waals surface area contributed by atoms with Gasteiger partial charge in [0.05, 0.1) is 5.75 Å². The lowest BCUT2D eigenvalue weighted by molar-refractivity contribution is -0.128. The molecule has 1 unspecified atom stereocenters. The molecule has 6 nitrogen and oxygen atoms in total. The predicted molar refractivity (Wildman–Crippen MR) is 74.8 cm³/mol. The third-order valence-electron chi connectivity index (χ3n) is 3.76. The van der Waals surface area contributed by atoms with Crippen molar-refractivity contribution in [1.82, 2.24) is 9.80 Å². The van der Waals surface area contributed by atoms with Crippen molar-refractivity contribution in [1.29, 1.82) is 0 Å². The van der Waals surface area contributed by atoms with E-state index in [1.54, 1.807) is 4.90 Å². The van der Waals surface area contributed by atoms with E-state index in [2.05, 4.69) is 0 Å². The van der Waals surface area contributed by atoms with Crippen LogP contribution in [0.4, 0.5) is 0 Å². The second kappa shape index (κ2) is 6.30. The van der Waals surface area contributed by atoms with Crippen molar-refractivity contribution in [3.63, 3.8) is 0 Å². The largest absolute Gasteiger partial charge is 0.343 e. The Morgan fingerprint density at radius 1 is 1.15 bits per heavy atom. The zero-order valence-corrected chi connectivity index (χ0v) is 12.8. The zero-order valence-electron chi connectivity index (χ0n) is 11.3. The fraction of sp³-hybridized carbons (Fsp3) is 0.833. The summed E-state index contributed by atoms with van der Waals surface area (Å²) in [5, 5.41) is 0. The summed E-state index contributed by atoms with van der Waals surface area (Å²) in [6.45, 7) is 2.49. The van der Waals surface area contributed by atoms with Gasteiger partial charge < -0.3 is 9.80 Å². The first-order chi connectivity index (χ1) is 9.35. The van der Waals surface area contributed by atoms with Crippen LogP contribution in [0.15, 0.2) is 0 Å².